The Morgan fingerprint density at radius 3 is 2.69 bits per heavy atom. The molecule has 1 fully saturated rings. The van der Waals surface area contributed by atoms with Crippen molar-refractivity contribution in [3.8, 4) is 0 Å². The normalized spacial score (nSPS) is 18.8. The lowest BCUT2D eigenvalue weighted by Gasteiger charge is -2.21. The summed E-state index contributed by atoms with van der Waals surface area (Å²) in [5.74, 6) is 0. The van der Waals surface area contributed by atoms with Gasteiger partial charge in [-0.1, -0.05) is 26.1 Å². The topological polar surface area (TPSA) is 42.1 Å². The lowest BCUT2D eigenvalue weighted by molar-refractivity contribution is 0.418. The average molecular weight is 235 g/mol. The molecule has 0 aromatic carbocycles. The Kier molecular flexibility index (Phi) is 2.84. The number of nitrogens with zero attached hydrogens (tertiary/aromatic N) is 2. The van der Waals surface area contributed by atoms with Gasteiger partial charge in [-0.25, -0.2) is 0 Å². The third kappa shape index (κ3) is 2.32. The van der Waals surface area contributed by atoms with Crippen LogP contribution in [0.2, 0.25) is 0 Å². The number of hydrogen-bond acceptors (Lipinski definition) is 3. The third-order valence-electron chi connectivity index (χ3n) is 3.04. The summed E-state index contributed by atoms with van der Waals surface area (Å²) in [5.41, 5.74) is 7.77. The van der Waals surface area contributed by atoms with E-state index in [1.54, 1.807) is 0 Å². The van der Waals surface area contributed by atoms with Crippen LogP contribution in [0.4, 0.5) is 5.69 Å². The fourth-order valence-corrected chi connectivity index (χ4v) is 2.17. The number of pyridine rings is 1. The zero-order valence-electron chi connectivity index (χ0n) is 9.73. The first-order valence-corrected chi connectivity index (χ1v) is 5.90. The molecule has 0 radical (unpaired) electrons. The van der Waals surface area contributed by atoms with Gasteiger partial charge in [0, 0.05) is 13.1 Å². The fourth-order valence-electron chi connectivity index (χ4n) is 2.05. The maximum atomic E-state index is 5.52. The van der Waals surface area contributed by atoms with E-state index in [1.165, 1.54) is 6.42 Å². The van der Waals surface area contributed by atoms with E-state index in [9.17, 15) is 0 Å². The molecule has 0 unspecified atom stereocenters. The summed E-state index contributed by atoms with van der Waals surface area (Å²) < 4.78 is 0. The highest BCUT2D eigenvalue weighted by molar-refractivity contribution is 7.80. The van der Waals surface area contributed by atoms with Crippen LogP contribution in [0.15, 0.2) is 18.3 Å². The maximum Gasteiger partial charge on any atom is 0.122 e. The Balaban J connectivity index is 2.14. The number of aromatic nitrogens is 1. The van der Waals surface area contributed by atoms with Crippen LogP contribution in [-0.2, 0) is 0 Å². The number of nitrogens with two attached hydrogens (primary N) is 1. The second-order valence-corrected chi connectivity index (χ2v) is 5.54. The zero-order valence-corrected chi connectivity index (χ0v) is 10.5. The van der Waals surface area contributed by atoms with Gasteiger partial charge in [0.25, 0.3) is 0 Å². The van der Waals surface area contributed by atoms with Crippen molar-refractivity contribution < 1.29 is 0 Å². The van der Waals surface area contributed by atoms with Crippen molar-refractivity contribution in [1.82, 2.24) is 4.98 Å². The minimum atomic E-state index is 0.355. The van der Waals surface area contributed by atoms with Crippen molar-refractivity contribution in [3.63, 3.8) is 0 Å². The molecule has 1 aromatic rings. The first kappa shape index (κ1) is 11.3. The van der Waals surface area contributed by atoms with Crippen LogP contribution in [0.1, 0.15) is 26.0 Å². The maximum absolute atomic E-state index is 5.52. The quantitative estimate of drug-likeness (QED) is 0.796. The van der Waals surface area contributed by atoms with Crippen molar-refractivity contribution in [3.05, 3.63) is 24.0 Å². The van der Waals surface area contributed by atoms with Gasteiger partial charge in [0.2, 0.25) is 0 Å². The molecule has 1 aliphatic rings. The molecule has 0 bridgehead atoms. The summed E-state index contributed by atoms with van der Waals surface area (Å²) in [7, 11) is 0. The van der Waals surface area contributed by atoms with E-state index in [1.807, 2.05) is 18.3 Å². The van der Waals surface area contributed by atoms with Gasteiger partial charge in [0.05, 0.1) is 17.6 Å². The van der Waals surface area contributed by atoms with Crippen molar-refractivity contribution in [2.24, 2.45) is 11.1 Å². The van der Waals surface area contributed by atoms with Gasteiger partial charge < -0.3 is 10.6 Å². The van der Waals surface area contributed by atoms with Crippen LogP contribution < -0.4 is 10.6 Å². The van der Waals surface area contributed by atoms with Crippen LogP contribution in [0.3, 0.4) is 0 Å². The molecule has 4 heteroatoms. The molecule has 0 saturated carbocycles. The third-order valence-corrected chi connectivity index (χ3v) is 3.25. The van der Waals surface area contributed by atoms with E-state index in [-0.39, 0.29) is 0 Å². The SMILES string of the molecule is CC1(C)CCN(c2ccc(C(N)=S)nc2)C1. The molecule has 2 heterocycles. The number of anilines is 1. The Hall–Kier alpha value is -1.16. The van der Waals surface area contributed by atoms with Gasteiger partial charge in [0.15, 0.2) is 0 Å². The number of rotatable bonds is 2. The van der Waals surface area contributed by atoms with Crippen LogP contribution in [-0.4, -0.2) is 23.1 Å². The molecule has 2 N–H and O–H groups in total. The Labute approximate surface area is 102 Å². The molecule has 16 heavy (non-hydrogen) atoms. The monoisotopic (exact) mass is 235 g/mol. The molecular formula is C12H17N3S. The summed E-state index contributed by atoms with van der Waals surface area (Å²) >= 11 is 4.88. The molecule has 0 amide bonds. The van der Waals surface area contributed by atoms with Gasteiger partial charge in [-0.05, 0) is 24.0 Å². The van der Waals surface area contributed by atoms with Crippen molar-refractivity contribution in [2.45, 2.75) is 20.3 Å². The van der Waals surface area contributed by atoms with Gasteiger partial charge in [-0.2, -0.15) is 0 Å². The van der Waals surface area contributed by atoms with E-state index in [0.717, 1.165) is 18.8 Å². The lowest BCUT2D eigenvalue weighted by Crippen LogP contribution is -2.23. The molecule has 1 aromatic heterocycles. The molecule has 3 nitrogen and oxygen atoms in total. The lowest BCUT2D eigenvalue weighted by atomic mass is 9.93. The zero-order chi connectivity index (χ0) is 11.8. The standard InChI is InChI=1S/C12H17N3S/c1-12(2)5-6-15(8-12)9-3-4-10(11(13)16)14-7-9/h3-4,7H,5-6,8H2,1-2H3,(H2,13,16). The van der Waals surface area contributed by atoms with Gasteiger partial charge in [-0.3, -0.25) is 4.98 Å². The van der Waals surface area contributed by atoms with Crippen molar-refractivity contribution in [2.75, 3.05) is 18.0 Å². The van der Waals surface area contributed by atoms with Gasteiger partial charge in [0.1, 0.15) is 4.99 Å². The van der Waals surface area contributed by atoms with Crippen molar-refractivity contribution >= 4 is 22.9 Å². The summed E-state index contributed by atoms with van der Waals surface area (Å²) in [4.78, 5) is 6.98. The molecular weight excluding hydrogens is 218 g/mol. The highest BCUT2D eigenvalue weighted by Crippen LogP contribution is 2.31. The van der Waals surface area contributed by atoms with E-state index in [2.05, 4.69) is 23.7 Å². The highest BCUT2D eigenvalue weighted by atomic mass is 32.1. The summed E-state index contributed by atoms with van der Waals surface area (Å²) in [5, 5.41) is 0. The van der Waals surface area contributed by atoms with Gasteiger partial charge >= 0.3 is 0 Å². The Morgan fingerprint density at radius 2 is 2.25 bits per heavy atom. The minimum Gasteiger partial charge on any atom is -0.388 e. The molecule has 86 valence electrons. The minimum absolute atomic E-state index is 0.355. The molecule has 1 saturated heterocycles. The average Bonchev–Trinajstić information content (AvgIpc) is 2.59. The first-order chi connectivity index (χ1) is 7.48. The molecule has 0 spiro atoms. The Bertz CT molecular complexity index is 397. The number of thiocarbonyl (C=S) groups is 1. The van der Waals surface area contributed by atoms with E-state index < -0.39 is 0 Å². The van der Waals surface area contributed by atoms with Crippen molar-refractivity contribution in [1.29, 1.82) is 0 Å². The molecule has 1 aliphatic heterocycles. The highest BCUT2D eigenvalue weighted by Gasteiger charge is 2.29. The Morgan fingerprint density at radius 1 is 1.50 bits per heavy atom. The molecule has 2 rings (SSSR count). The largest absolute Gasteiger partial charge is 0.388 e. The van der Waals surface area contributed by atoms with E-state index >= 15 is 0 Å². The first-order valence-electron chi connectivity index (χ1n) is 5.49. The molecule has 0 atom stereocenters. The smallest absolute Gasteiger partial charge is 0.122 e. The van der Waals surface area contributed by atoms with Crippen LogP contribution in [0.25, 0.3) is 0 Å². The van der Waals surface area contributed by atoms with E-state index in [4.69, 9.17) is 18.0 Å². The fraction of sp³-hybridized carbons (Fsp3) is 0.500. The van der Waals surface area contributed by atoms with Crippen LogP contribution in [0.5, 0.6) is 0 Å². The number of hydrogen-bond donors (Lipinski definition) is 1. The second-order valence-electron chi connectivity index (χ2n) is 5.10. The summed E-state index contributed by atoms with van der Waals surface area (Å²) in [6, 6.07) is 3.94. The predicted molar refractivity (Wildman–Crippen MR) is 70.7 cm³/mol. The summed E-state index contributed by atoms with van der Waals surface area (Å²) in [6.45, 7) is 6.77. The van der Waals surface area contributed by atoms with Crippen LogP contribution in [0, 0.1) is 5.41 Å². The molecule has 0 aliphatic carbocycles. The predicted octanol–water partition coefficient (Wildman–Crippen LogP) is 1.95. The van der Waals surface area contributed by atoms with Gasteiger partial charge in [-0.15, -0.1) is 0 Å². The summed E-state index contributed by atoms with van der Waals surface area (Å²) in [6.07, 6.45) is 3.08. The second kappa shape index (κ2) is 4.01. The van der Waals surface area contributed by atoms with Crippen LogP contribution >= 0.6 is 12.2 Å². The van der Waals surface area contributed by atoms with E-state index in [0.29, 0.717) is 16.1 Å².